The standard InChI is InChI=1S/C19H20N4O6S2/c1-4-21-16-9-8-13(10-17(16)30-19(21)25)20-18(24)11-22(31(3,28)29)14-6-5-7-15(12(14)2)23(26)27/h5-10H,4,11H2,1-3H3,(H,20,24). The van der Waals surface area contributed by atoms with Gasteiger partial charge in [-0.05, 0) is 38.1 Å². The van der Waals surface area contributed by atoms with E-state index in [0.717, 1.165) is 27.4 Å². The van der Waals surface area contributed by atoms with Gasteiger partial charge in [-0.2, -0.15) is 0 Å². The average molecular weight is 465 g/mol. The van der Waals surface area contributed by atoms with Gasteiger partial charge in [-0.25, -0.2) is 8.42 Å². The zero-order chi connectivity index (χ0) is 22.9. The summed E-state index contributed by atoms with van der Waals surface area (Å²) in [5, 5.41) is 13.8. The van der Waals surface area contributed by atoms with Gasteiger partial charge in [0.05, 0.1) is 32.6 Å². The maximum absolute atomic E-state index is 12.6. The summed E-state index contributed by atoms with van der Waals surface area (Å²) in [6.45, 7) is 3.25. The highest BCUT2D eigenvalue weighted by Gasteiger charge is 2.26. The molecule has 0 radical (unpaired) electrons. The Morgan fingerprint density at radius 3 is 2.61 bits per heavy atom. The van der Waals surface area contributed by atoms with E-state index < -0.39 is 27.4 Å². The van der Waals surface area contributed by atoms with Crippen molar-refractivity contribution >= 4 is 54.5 Å². The summed E-state index contributed by atoms with van der Waals surface area (Å²) >= 11 is 1.05. The average Bonchev–Trinajstić information content (AvgIpc) is 2.99. The fraction of sp³-hybridized carbons (Fsp3) is 0.263. The van der Waals surface area contributed by atoms with Gasteiger partial charge in [0.25, 0.3) is 5.69 Å². The molecule has 1 heterocycles. The number of nitro benzene ring substituents is 1. The SMILES string of the molecule is CCn1c(=O)sc2cc(NC(=O)CN(c3cccc([N+](=O)[O-])c3C)S(C)(=O)=O)ccc21. The lowest BCUT2D eigenvalue weighted by Crippen LogP contribution is -2.38. The Morgan fingerprint density at radius 1 is 1.29 bits per heavy atom. The van der Waals surface area contributed by atoms with E-state index in [4.69, 9.17) is 0 Å². The quantitative estimate of drug-likeness (QED) is 0.422. The van der Waals surface area contributed by atoms with Gasteiger partial charge in [-0.1, -0.05) is 17.4 Å². The molecule has 1 aromatic heterocycles. The molecule has 2 aromatic carbocycles. The number of anilines is 2. The van der Waals surface area contributed by atoms with E-state index in [1.807, 2.05) is 6.92 Å². The lowest BCUT2D eigenvalue weighted by Gasteiger charge is -2.23. The van der Waals surface area contributed by atoms with Crippen LogP contribution in [0.1, 0.15) is 12.5 Å². The molecule has 0 aliphatic heterocycles. The summed E-state index contributed by atoms with van der Waals surface area (Å²) in [4.78, 5) is 35.1. The number of aryl methyl sites for hydroxylation is 1. The number of hydrogen-bond donors (Lipinski definition) is 1. The molecule has 12 heteroatoms. The minimum atomic E-state index is -3.90. The van der Waals surface area contributed by atoms with Crippen LogP contribution < -0.4 is 14.5 Å². The molecule has 3 aromatic rings. The van der Waals surface area contributed by atoms with E-state index in [9.17, 15) is 28.1 Å². The topological polar surface area (TPSA) is 132 Å². The number of benzene rings is 2. The van der Waals surface area contributed by atoms with Crippen molar-refractivity contribution in [2.24, 2.45) is 0 Å². The largest absolute Gasteiger partial charge is 0.324 e. The highest BCUT2D eigenvalue weighted by atomic mass is 32.2. The number of amides is 1. The van der Waals surface area contributed by atoms with Crippen molar-refractivity contribution in [1.82, 2.24) is 4.57 Å². The van der Waals surface area contributed by atoms with Crippen molar-refractivity contribution in [3.63, 3.8) is 0 Å². The molecule has 0 fully saturated rings. The second-order valence-electron chi connectivity index (χ2n) is 6.79. The molecule has 31 heavy (non-hydrogen) atoms. The molecule has 3 rings (SSSR count). The Labute approximate surface area is 181 Å². The van der Waals surface area contributed by atoms with Crippen LogP contribution in [0.2, 0.25) is 0 Å². The normalized spacial score (nSPS) is 11.5. The third-order valence-electron chi connectivity index (χ3n) is 4.70. The number of carbonyl (C=O) groups is 1. The van der Waals surface area contributed by atoms with Gasteiger partial charge < -0.3 is 5.32 Å². The number of nitro groups is 1. The number of rotatable bonds is 7. The summed E-state index contributed by atoms with van der Waals surface area (Å²) < 4.78 is 27.8. The Morgan fingerprint density at radius 2 is 2.00 bits per heavy atom. The zero-order valence-electron chi connectivity index (χ0n) is 17.0. The molecule has 0 saturated carbocycles. The zero-order valence-corrected chi connectivity index (χ0v) is 18.6. The van der Waals surface area contributed by atoms with Crippen molar-refractivity contribution in [1.29, 1.82) is 0 Å². The summed E-state index contributed by atoms with van der Waals surface area (Å²) in [5.41, 5.74) is 1.11. The van der Waals surface area contributed by atoms with Crippen LogP contribution in [0.25, 0.3) is 10.2 Å². The van der Waals surface area contributed by atoms with Gasteiger partial charge in [-0.15, -0.1) is 0 Å². The van der Waals surface area contributed by atoms with Crippen LogP contribution >= 0.6 is 11.3 Å². The van der Waals surface area contributed by atoms with E-state index in [1.165, 1.54) is 25.1 Å². The molecular formula is C19H20N4O6S2. The fourth-order valence-corrected chi connectivity index (χ4v) is 5.14. The Bertz CT molecular complexity index is 1340. The van der Waals surface area contributed by atoms with Crippen LogP contribution in [0, 0.1) is 17.0 Å². The van der Waals surface area contributed by atoms with Crippen LogP contribution in [-0.4, -0.2) is 36.6 Å². The number of sulfonamides is 1. The van der Waals surface area contributed by atoms with Crippen LogP contribution in [0.5, 0.6) is 0 Å². The predicted octanol–water partition coefficient (Wildman–Crippen LogP) is 2.70. The Balaban J connectivity index is 1.89. The number of hydrogen-bond acceptors (Lipinski definition) is 7. The molecule has 0 spiro atoms. The summed E-state index contributed by atoms with van der Waals surface area (Å²) in [6, 6.07) is 9.03. The minimum absolute atomic E-state index is 0.0561. The van der Waals surface area contributed by atoms with Crippen molar-refractivity contribution in [3.8, 4) is 0 Å². The van der Waals surface area contributed by atoms with E-state index in [2.05, 4.69) is 5.32 Å². The molecule has 0 unspecified atom stereocenters. The first-order valence-corrected chi connectivity index (χ1v) is 11.8. The smallest absolute Gasteiger partial charge is 0.308 e. The van der Waals surface area contributed by atoms with E-state index in [1.54, 1.807) is 22.8 Å². The van der Waals surface area contributed by atoms with Gasteiger partial charge in [-0.3, -0.25) is 28.6 Å². The number of carbonyl (C=O) groups excluding carboxylic acids is 1. The van der Waals surface area contributed by atoms with Gasteiger partial charge in [0, 0.05) is 18.3 Å². The third-order valence-corrected chi connectivity index (χ3v) is 6.77. The molecule has 0 bridgehead atoms. The van der Waals surface area contributed by atoms with Crippen LogP contribution in [0.4, 0.5) is 17.1 Å². The number of nitrogens with one attached hydrogen (secondary N) is 1. The third kappa shape index (κ3) is 4.59. The van der Waals surface area contributed by atoms with Gasteiger partial charge in [0.15, 0.2) is 0 Å². The van der Waals surface area contributed by atoms with Crippen molar-refractivity contribution in [2.45, 2.75) is 20.4 Å². The number of nitrogens with zero attached hydrogens (tertiary/aromatic N) is 3. The maximum atomic E-state index is 12.6. The number of aromatic nitrogens is 1. The highest BCUT2D eigenvalue weighted by molar-refractivity contribution is 7.92. The maximum Gasteiger partial charge on any atom is 0.308 e. The second kappa shape index (κ2) is 8.47. The van der Waals surface area contributed by atoms with Crippen LogP contribution in [0.3, 0.4) is 0 Å². The van der Waals surface area contributed by atoms with Crippen molar-refractivity contribution < 1.29 is 18.1 Å². The van der Waals surface area contributed by atoms with E-state index in [0.29, 0.717) is 16.9 Å². The predicted molar refractivity (Wildman–Crippen MR) is 120 cm³/mol. The van der Waals surface area contributed by atoms with Gasteiger partial charge in [0.2, 0.25) is 15.9 Å². The summed E-state index contributed by atoms with van der Waals surface area (Å²) in [6.07, 6.45) is 0.926. The highest BCUT2D eigenvalue weighted by Crippen LogP contribution is 2.30. The molecule has 0 atom stereocenters. The van der Waals surface area contributed by atoms with Crippen molar-refractivity contribution in [2.75, 3.05) is 22.4 Å². The van der Waals surface area contributed by atoms with Gasteiger partial charge in [0.1, 0.15) is 6.54 Å². The first-order valence-electron chi connectivity index (χ1n) is 9.18. The lowest BCUT2D eigenvalue weighted by molar-refractivity contribution is -0.385. The van der Waals surface area contributed by atoms with E-state index >= 15 is 0 Å². The Hall–Kier alpha value is -3.25. The molecule has 10 nitrogen and oxygen atoms in total. The molecule has 1 amide bonds. The fourth-order valence-electron chi connectivity index (χ4n) is 3.24. The summed E-state index contributed by atoms with van der Waals surface area (Å²) in [5.74, 6) is -0.627. The summed E-state index contributed by atoms with van der Waals surface area (Å²) in [7, 11) is -3.90. The first kappa shape index (κ1) is 22.4. The second-order valence-corrected chi connectivity index (χ2v) is 9.69. The Kier molecular flexibility index (Phi) is 6.13. The monoisotopic (exact) mass is 464 g/mol. The molecule has 0 aliphatic carbocycles. The lowest BCUT2D eigenvalue weighted by atomic mass is 10.1. The van der Waals surface area contributed by atoms with Gasteiger partial charge >= 0.3 is 4.87 Å². The van der Waals surface area contributed by atoms with Crippen LogP contribution in [-0.2, 0) is 21.4 Å². The molecule has 0 saturated heterocycles. The van der Waals surface area contributed by atoms with Crippen molar-refractivity contribution in [3.05, 3.63) is 61.7 Å². The first-order chi connectivity index (χ1) is 14.5. The number of fused-ring (bicyclic) bond motifs is 1. The minimum Gasteiger partial charge on any atom is -0.324 e. The molecular weight excluding hydrogens is 444 g/mol. The van der Waals surface area contributed by atoms with E-state index in [-0.39, 0.29) is 21.8 Å². The molecule has 164 valence electrons. The number of thiazole rings is 1. The van der Waals surface area contributed by atoms with Crippen LogP contribution in [0.15, 0.2) is 41.2 Å². The molecule has 1 N–H and O–H groups in total. The molecule has 0 aliphatic rings.